The number of nitrogens with zero attached hydrogens (tertiary/aromatic N) is 2. The molecule has 2 N–H and O–H groups in total. The molecule has 24 heavy (non-hydrogen) atoms. The minimum Gasteiger partial charge on any atom is -0.393 e. The summed E-state index contributed by atoms with van der Waals surface area (Å²) in [5, 5.41) is 12.9. The predicted octanol–water partition coefficient (Wildman–Crippen LogP) is 3.52. The van der Waals surface area contributed by atoms with Crippen molar-refractivity contribution in [3.8, 4) is 5.69 Å². The smallest absolute Gasteiger partial charge is 0.100 e. The number of nitrogens with one attached hydrogen (secondary N) is 1. The van der Waals surface area contributed by atoms with Gasteiger partial charge >= 0.3 is 0 Å². The van der Waals surface area contributed by atoms with E-state index in [1.54, 1.807) is 0 Å². The van der Waals surface area contributed by atoms with E-state index in [1.165, 1.54) is 5.56 Å². The van der Waals surface area contributed by atoms with Gasteiger partial charge < -0.3 is 10.4 Å². The summed E-state index contributed by atoms with van der Waals surface area (Å²) in [5.41, 5.74) is 4.51. The number of aliphatic hydroxyl groups is 1. The van der Waals surface area contributed by atoms with Gasteiger partial charge in [-0.2, -0.15) is 0 Å². The van der Waals surface area contributed by atoms with Gasteiger partial charge in [0.2, 0.25) is 0 Å². The van der Waals surface area contributed by atoms with E-state index < -0.39 is 0 Å². The lowest BCUT2D eigenvalue weighted by atomic mass is 10.0. The van der Waals surface area contributed by atoms with E-state index in [4.69, 9.17) is 0 Å². The van der Waals surface area contributed by atoms with Gasteiger partial charge in [-0.3, -0.25) is 4.57 Å². The van der Waals surface area contributed by atoms with E-state index >= 15 is 0 Å². The molecule has 0 spiro atoms. The summed E-state index contributed by atoms with van der Waals surface area (Å²) in [5.74, 6) is 0.474. The van der Waals surface area contributed by atoms with E-state index in [0.29, 0.717) is 5.92 Å². The standard InChI is InChI=1S/C20H25N3O/c1-15(11-16(2)24)12-21-13-17-7-9-18(10-8-17)23-14-22-19-5-3-4-6-20(19)23/h3-10,14-16,21,24H,11-13H2,1-2H3. The Morgan fingerprint density at radius 1 is 1.08 bits per heavy atom. The maximum Gasteiger partial charge on any atom is 0.100 e. The van der Waals surface area contributed by atoms with Gasteiger partial charge in [0.15, 0.2) is 0 Å². The summed E-state index contributed by atoms with van der Waals surface area (Å²) in [6.45, 7) is 5.76. The number of para-hydroxylation sites is 2. The third kappa shape index (κ3) is 4.02. The van der Waals surface area contributed by atoms with Crippen molar-refractivity contribution in [2.75, 3.05) is 6.54 Å². The highest BCUT2D eigenvalue weighted by molar-refractivity contribution is 5.77. The van der Waals surface area contributed by atoms with E-state index in [0.717, 1.165) is 36.2 Å². The van der Waals surface area contributed by atoms with Gasteiger partial charge in [-0.25, -0.2) is 4.98 Å². The van der Waals surface area contributed by atoms with Crippen LogP contribution in [0, 0.1) is 5.92 Å². The van der Waals surface area contributed by atoms with Gasteiger partial charge in [-0.15, -0.1) is 0 Å². The number of imidazole rings is 1. The molecule has 0 saturated carbocycles. The van der Waals surface area contributed by atoms with Crippen LogP contribution < -0.4 is 5.32 Å². The van der Waals surface area contributed by atoms with E-state index in [2.05, 4.69) is 52.1 Å². The van der Waals surface area contributed by atoms with Gasteiger partial charge in [0.25, 0.3) is 0 Å². The van der Waals surface area contributed by atoms with Crippen molar-refractivity contribution >= 4 is 11.0 Å². The highest BCUT2D eigenvalue weighted by Gasteiger charge is 2.06. The SMILES string of the molecule is CC(O)CC(C)CNCc1ccc(-n2cnc3ccccc32)cc1. The largest absolute Gasteiger partial charge is 0.393 e. The first kappa shape index (κ1) is 16.7. The number of hydrogen-bond donors (Lipinski definition) is 2. The van der Waals surface area contributed by atoms with E-state index in [1.807, 2.05) is 31.5 Å². The van der Waals surface area contributed by atoms with Crippen molar-refractivity contribution in [1.29, 1.82) is 0 Å². The second-order valence-corrected chi connectivity index (χ2v) is 6.59. The fraction of sp³-hybridized carbons (Fsp3) is 0.350. The minimum atomic E-state index is -0.230. The van der Waals surface area contributed by atoms with Crippen molar-refractivity contribution in [3.05, 3.63) is 60.4 Å². The molecule has 0 aliphatic heterocycles. The Hall–Kier alpha value is -2.17. The topological polar surface area (TPSA) is 50.1 Å². The molecule has 3 rings (SSSR count). The number of aromatic nitrogens is 2. The Morgan fingerprint density at radius 3 is 2.58 bits per heavy atom. The first-order chi connectivity index (χ1) is 11.6. The summed E-state index contributed by atoms with van der Waals surface area (Å²) >= 11 is 0. The van der Waals surface area contributed by atoms with Crippen LogP contribution in [0.1, 0.15) is 25.8 Å². The Morgan fingerprint density at radius 2 is 1.83 bits per heavy atom. The molecule has 0 saturated heterocycles. The fourth-order valence-electron chi connectivity index (χ4n) is 3.07. The Bertz CT molecular complexity index is 777. The zero-order valence-corrected chi connectivity index (χ0v) is 14.3. The number of benzene rings is 2. The second kappa shape index (κ2) is 7.60. The van der Waals surface area contributed by atoms with Crippen LogP contribution in [0.15, 0.2) is 54.9 Å². The molecule has 0 aliphatic carbocycles. The summed E-state index contributed by atoms with van der Waals surface area (Å²) in [7, 11) is 0. The van der Waals surface area contributed by atoms with Crippen LogP contribution in [0.4, 0.5) is 0 Å². The molecule has 3 aromatic rings. The Balaban J connectivity index is 1.61. The minimum absolute atomic E-state index is 0.230. The monoisotopic (exact) mass is 323 g/mol. The fourth-order valence-corrected chi connectivity index (χ4v) is 3.07. The maximum atomic E-state index is 9.40. The molecule has 2 aromatic carbocycles. The molecular formula is C20H25N3O. The molecule has 0 radical (unpaired) electrons. The maximum absolute atomic E-state index is 9.40. The molecule has 2 unspecified atom stereocenters. The Kier molecular flexibility index (Phi) is 5.28. The summed E-state index contributed by atoms with van der Waals surface area (Å²) < 4.78 is 2.11. The van der Waals surface area contributed by atoms with Crippen LogP contribution in [0.25, 0.3) is 16.7 Å². The molecule has 0 aliphatic rings. The average molecular weight is 323 g/mol. The summed E-state index contributed by atoms with van der Waals surface area (Å²) in [6.07, 6.45) is 2.47. The first-order valence-electron chi connectivity index (χ1n) is 8.53. The summed E-state index contributed by atoms with van der Waals surface area (Å²) in [4.78, 5) is 4.44. The number of rotatable bonds is 7. The van der Waals surface area contributed by atoms with Gasteiger partial charge in [-0.05, 0) is 55.6 Å². The normalized spacial score (nSPS) is 14.0. The van der Waals surface area contributed by atoms with Crippen molar-refractivity contribution < 1.29 is 5.11 Å². The lowest BCUT2D eigenvalue weighted by Gasteiger charge is -2.14. The zero-order chi connectivity index (χ0) is 16.9. The first-order valence-corrected chi connectivity index (χ1v) is 8.53. The average Bonchev–Trinajstić information content (AvgIpc) is 2.99. The molecule has 2 atom stereocenters. The molecule has 1 aromatic heterocycles. The second-order valence-electron chi connectivity index (χ2n) is 6.59. The van der Waals surface area contributed by atoms with Crippen LogP contribution in [-0.4, -0.2) is 27.3 Å². The van der Waals surface area contributed by atoms with Crippen molar-refractivity contribution in [3.63, 3.8) is 0 Å². The van der Waals surface area contributed by atoms with Crippen LogP contribution in [-0.2, 0) is 6.54 Å². The van der Waals surface area contributed by atoms with Crippen LogP contribution >= 0.6 is 0 Å². The molecule has 0 fully saturated rings. The molecular weight excluding hydrogens is 298 g/mol. The van der Waals surface area contributed by atoms with Gasteiger partial charge in [0, 0.05) is 12.2 Å². The quantitative estimate of drug-likeness (QED) is 0.699. The molecule has 0 bridgehead atoms. The van der Waals surface area contributed by atoms with Gasteiger partial charge in [-0.1, -0.05) is 31.2 Å². The lowest BCUT2D eigenvalue weighted by Crippen LogP contribution is -2.23. The number of aliphatic hydroxyl groups excluding tert-OH is 1. The molecule has 1 heterocycles. The lowest BCUT2D eigenvalue weighted by molar-refractivity contribution is 0.163. The van der Waals surface area contributed by atoms with Gasteiger partial charge in [0.1, 0.15) is 6.33 Å². The number of fused-ring (bicyclic) bond motifs is 1. The molecule has 126 valence electrons. The van der Waals surface area contributed by atoms with Crippen LogP contribution in [0.5, 0.6) is 0 Å². The molecule has 0 amide bonds. The van der Waals surface area contributed by atoms with Crippen LogP contribution in [0.3, 0.4) is 0 Å². The van der Waals surface area contributed by atoms with E-state index in [-0.39, 0.29) is 6.10 Å². The predicted molar refractivity (Wildman–Crippen MR) is 98.2 cm³/mol. The highest BCUT2D eigenvalue weighted by atomic mass is 16.3. The zero-order valence-electron chi connectivity index (χ0n) is 14.3. The molecule has 4 nitrogen and oxygen atoms in total. The van der Waals surface area contributed by atoms with E-state index in [9.17, 15) is 5.11 Å². The summed E-state index contributed by atoms with van der Waals surface area (Å²) in [6, 6.07) is 16.7. The van der Waals surface area contributed by atoms with Crippen molar-refractivity contribution in [1.82, 2.24) is 14.9 Å². The third-order valence-electron chi connectivity index (χ3n) is 4.23. The van der Waals surface area contributed by atoms with Crippen LogP contribution in [0.2, 0.25) is 0 Å². The van der Waals surface area contributed by atoms with Crippen molar-refractivity contribution in [2.24, 2.45) is 5.92 Å². The third-order valence-corrected chi connectivity index (χ3v) is 4.23. The number of hydrogen-bond acceptors (Lipinski definition) is 3. The highest BCUT2D eigenvalue weighted by Crippen LogP contribution is 2.18. The Labute approximate surface area is 143 Å². The van der Waals surface area contributed by atoms with Gasteiger partial charge in [0.05, 0.1) is 17.1 Å². The van der Waals surface area contributed by atoms with Crippen molar-refractivity contribution in [2.45, 2.75) is 32.9 Å². The molecule has 4 heteroatoms.